The Morgan fingerprint density at radius 2 is 1.88 bits per heavy atom. The monoisotopic (exact) mass is 348 g/mol. The first-order valence-corrected chi connectivity index (χ1v) is 7.68. The van der Waals surface area contributed by atoms with Crippen molar-refractivity contribution in [3.05, 3.63) is 59.1 Å². The number of amides is 2. The van der Waals surface area contributed by atoms with Crippen LogP contribution in [0.25, 0.3) is 0 Å². The molecule has 0 aromatic heterocycles. The van der Waals surface area contributed by atoms with E-state index in [0.29, 0.717) is 23.0 Å². The minimum Gasteiger partial charge on any atom is -0.434 e. The van der Waals surface area contributed by atoms with Crippen molar-refractivity contribution in [1.29, 1.82) is 0 Å². The van der Waals surface area contributed by atoms with Crippen LogP contribution >= 0.6 is 11.6 Å². The van der Waals surface area contributed by atoms with Gasteiger partial charge in [0.25, 0.3) is 0 Å². The van der Waals surface area contributed by atoms with Crippen LogP contribution in [0.3, 0.4) is 0 Å². The fourth-order valence-corrected chi connectivity index (χ4v) is 2.07. The summed E-state index contributed by atoms with van der Waals surface area (Å²) in [6, 6.07) is 13.2. The zero-order valence-corrected chi connectivity index (χ0v) is 13.8. The quantitative estimate of drug-likeness (QED) is 0.627. The molecule has 2 aromatic carbocycles. The van der Waals surface area contributed by atoms with Crippen molar-refractivity contribution in [3.8, 4) is 5.75 Å². The van der Waals surface area contributed by atoms with Crippen LogP contribution in [0.4, 0.5) is 15.3 Å². The first-order valence-electron chi connectivity index (χ1n) is 7.31. The molecule has 2 rings (SSSR count). The van der Waals surface area contributed by atoms with Gasteiger partial charge in [-0.25, -0.2) is 9.59 Å². The molecule has 0 saturated heterocycles. The van der Waals surface area contributed by atoms with Gasteiger partial charge >= 0.3 is 12.2 Å². The molecule has 2 aromatic rings. The summed E-state index contributed by atoms with van der Waals surface area (Å²) < 4.78 is 9.60. The highest BCUT2D eigenvalue weighted by Gasteiger charge is 2.06. The van der Waals surface area contributed by atoms with Gasteiger partial charge in [-0.05, 0) is 48.9 Å². The molecular formula is C17H17ClN2O4. The number of hydrogen-bond acceptors (Lipinski definition) is 4. The molecule has 0 radical (unpaired) electrons. The zero-order valence-electron chi connectivity index (χ0n) is 13.0. The standard InChI is InChI=1S/C17H17ClN2O4/c1-2-23-17(22)24-15-8-6-14(7-9-15)20-16(21)19-11-12-4-3-5-13(18)10-12/h3-10H,2,11H2,1H3,(H2,19,20,21). The van der Waals surface area contributed by atoms with E-state index in [9.17, 15) is 9.59 Å². The first-order chi connectivity index (χ1) is 11.6. The highest BCUT2D eigenvalue weighted by Crippen LogP contribution is 2.16. The maximum atomic E-state index is 11.9. The SMILES string of the molecule is CCOC(=O)Oc1ccc(NC(=O)NCc2cccc(Cl)c2)cc1. The summed E-state index contributed by atoms with van der Waals surface area (Å²) in [6.07, 6.45) is -0.766. The number of ether oxygens (including phenoxy) is 2. The number of urea groups is 1. The third kappa shape index (κ3) is 5.81. The number of nitrogens with one attached hydrogen (secondary N) is 2. The van der Waals surface area contributed by atoms with Gasteiger partial charge in [-0.2, -0.15) is 0 Å². The second-order valence-corrected chi connectivity index (χ2v) is 5.18. The number of carbonyl (C=O) groups is 2. The predicted molar refractivity (Wildman–Crippen MR) is 91.4 cm³/mol. The molecule has 0 aliphatic carbocycles. The molecule has 0 aliphatic rings. The van der Waals surface area contributed by atoms with Crippen LogP contribution in [0.2, 0.25) is 5.02 Å². The molecule has 6 nitrogen and oxygen atoms in total. The van der Waals surface area contributed by atoms with Crippen LogP contribution in [0.1, 0.15) is 12.5 Å². The Hall–Kier alpha value is -2.73. The summed E-state index contributed by atoms with van der Waals surface area (Å²) in [5.74, 6) is 0.332. The number of halogens is 1. The van der Waals surface area contributed by atoms with Crippen LogP contribution in [-0.2, 0) is 11.3 Å². The van der Waals surface area contributed by atoms with Crippen molar-refractivity contribution in [2.45, 2.75) is 13.5 Å². The van der Waals surface area contributed by atoms with Crippen molar-refractivity contribution < 1.29 is 19.1 Å². The molecule has 0 heterocycles. The highest BCUT2D eigenvalue weighted by atomic mass is 35.5. The van der Waals surface area contributed by atoms with Gasteiger partial charge in [0.1, 0.15) is 5.75 Å². The van der Waals surface area contributed by atoms with E-state index in [2.05, 4.69) is 15.4 Å². The van der Waals surface area contributed by atoms with Crippen LogP contribution in [0.15, 0.2) is 48.5 Å². The van der Waals surface area contributed by atoms with E-state index in [0.717, 1.165) is 5.56 Å². The first kappa shape index (κ1) is 17.6. The number of rotatable bonds is 5. The van der Waals surface area contributed by atoms with Crippen LogP contribution in [0.5, 0.6) is 5.75 Å². The lowest BCUT2D eigenvalue weighted by atomic mass is 10.2. The predicted octanol–water partition coefficient (Wildman–Crippen LogP) is 4.20. The number of carbonyl (C=O) groups excluding carboxylic acids is 2. The fraction of sp³-hybridized carbons (Fsp3) is 0.176. The normalized spacial score (nSPS) is 9.92. The number of anilines is 1. The maximum absolute atomic E-state index is 11.9. The molecule has 0 spiro atoms. The minimum atomic E-state index is -0.766. The van der Waals surface area contributed by atoms with E-state index in [1.165, 1.54) is 0 Å². The molecule has 2 amide bonds. The molecule has 0 aliphatic heterocycles. The Balaban J connectivity index is 1.82. The van der Waals surface area contributed by atoms with Crippen molar-refractivity contribution >= 4 is 29.5 Å². The molecule has 126 valence electrons. The average molecular weight is 349 g/mol. The van der Waals surface area contributed by atoms with Gasteiger partial charge in [0.2, 0.25) is 0 Å². The largest absolute Gasteiger partial charge is 0.513 e. The van der Waals surface area contributed by atoms with Crippen molar-refractivity contribution in [3.63, 3.8) is 0 Å². The van der Waals surface area contributed by atoms with Gasteiger partial charge in [0.05, 0.1) is 6.61 Å². The Morgan fingerprint density at radius 3 is 2.54 bits per heavy atom. The Kier molecular flexibility index (Phi) is 6.45. The average Bonchev–Trinajstić information content (AvgIpc) is 2.55. The van der Waals surface area contributed by atoms with Crippen LogP contribution < -0.4 is 15.4 Å². The fourth-order valence-electron chi connectivity index (χ4n) is 1.85. The van der Waals surface area contributed by atoms with E-state index in [1.807, 2.05) is 12.1 Å². The van der Waals surface area contributed by atoms with Gasteiger partial charge in [0, 0.05) is 17.3 Å². The van der Waals surface area contributed by atoms with Gasteiger partial charge in [-0.15, -0.1) is 0 Å². The summed E-state index contributed by atoms with van der Waals surface area (Å²) in [4.78, 5) is 23.0. The summed E-state index contributed by atoms with van der Waals surface area (Å²) in [6.45, 7) is 2.29. The minimum absolute atomic E-state index is 0.241. The molecular weight excluding hydrogens is 332 g/mol. The van der Waals surface area contributed by atoms with Gasteiger partial charge in [-0.1, -0.05) is 23.7 Å². The van der Waals surface area contributed by atoms with Crippen LogP contribution in [-0.4, -0.2) is 18.8 Å². The molecule has 24 heavy (non-hydrogen) atoms. The van der Waals surface area contributed by atoms with Crippen molar-refractivity contribution in [2.24, 2.45) is 0 Å². The third-order valence-electron chi connectivity index (χ3n) is 2.92. The van der Waals surface area contributed by atoms with Crippen LogP contribution in [0, 0.1) is 0 Å². The molecule has 0 fully saturated rings. The maximum Gasteiger partial charge on any atom is 0.513 e. The second kappa shape index (κ2) is 8.79. The highest BCUT2D eigenvalue weighted by molar-refractivity contribution is 6.30. The Morgan fingerprint density at radius 1 is 1.12 bits per heavy atom. The smallest absolute Gasteiger partial charge is 0.434 e. The van der Waals surface area contributed by atoms with Gasteiger partial charge in [0.15, 0.2) is 0 Å². The van der Waals surface area contributed by atoms with E-state index in [-0.39, 0.29) is 12.6 Å². The molecule has 2 N–H and O–H groups in total. The van der Waals surface area contributed by atoms with Gasteiger partial charge in [-0.3, -0.25) is 0 Å². The van der Waals surface area contributed by atoms with Crippen molar-refractivity contribution in [2.75, 3.05) is 11.9 Å². The van der Waals surface area contributed by atoms with Crippen molar-refractivity contribution in [1.82, 2.24) is 5.32 Å². The topological polar surface area (TPSA) is 76.7 Å². The summed E-state index contributed by atoms with van der Waals surface area (Å²) in [5, 5.41) is 6.02. The Labute approximate surface area is 144 Å². The lowest BCUT2D eigenvalue weighted by Crippen LogP contribution is -2.28. The lowest BCUT2D eigenvalue weighted by Gasteiger charge is -2.09. The molecule has 0 bridgehead atoms. The van der Waals surface area contributed by atoms with Gasteiger partial charge < -0.3 is 20.1 Å². The number of hydrogen-bond donors (Lipinski definition) is 2. The molecule has 0 unspecified atom stereocenters. The number of benzene rings is 2. The summed E-state index contributed by atoms with van der Waals surface area (Å²) in [5.41, 5.74) is 1.46. The third-order valence-corrected chi connectivity index (χ3v) is 3.15. The van der Waals surface area contributed by atoms with E-state index < -0.39 is 6.16 Å². The Bertz CT molecular complexity index is 704. The second-order valence-electron chi connectivity index (χ2n) is 4.75. The summed E-state index contributed by atoms with van der Waals surface area (Å²) >= 11 is 5.89. The lowest BCUT2D eigenvalue weighted by molar-refractivity contribution is 0.104. The summed E-state index contributed by atoms with van der Waals surface area (Å²) in [7, 11) is 0. The van der Waals surface area contributed by atoms with E-state index in [4.69, 9.17) is 16.3 Å². The molecule has 0 atom stereocenters. The molecule has 0 saturated carbocycles. The molecule has 7 heteroatoms. The zero-order chi connectivity index (χ0) is 17.4. The van der Waals surface area contributed by atoms with E-state index in [1.54, 1.807) is 43.3 Å². The van der Waals surface area contributed by atoms with E-state index >= 15 is 0 Å².